The maximum atomic E-state index is 12.0. The number of aryl methyl sites for hydroxylation is 1. The van der Waals surface area contributed by atoms with Gasteiger partial charge >= 0.3 is 5.97 Å². The Kier molecular flexibility index (Phi) is 4.75. The van der Waals surface area contributed by atoms with Gasteiger partial charge in [-0.1, -0.05) is 17.7 Å². The average molecular weight is 264 g/mol. The normalized spacial score (nSPS) is 12.3. The molecule has 0 heterocycles. The number of ether oxygens (including phenoxy) is 2. The van der Waals surface area contributed by atoms with Crippen LogP contribution in [0.25, 0.3) is 0 Å². The van der Waals surface area contributed by atoms with Crippen molar-refractivity contribution >= 4 is 5.97 Å². The van der Waals surface area contributed by atoms with Gasteiger partial charge in [0.1, 0.15) is 5.60 Å². The van der Waals surface area contributed by atoms with Crippen molar-refractivity contribution in [3.63, 3.8) is 0 Å². The van der Waals surface area contributed by atoms with Gasteiger partial charge in [-0.2, -0.15) is 0 Å². The van der Waals surface area contributed by atoms with Gasteiger partial charge in [-0.3, -0.25) is 0 Å². The highest BCUT2D eigenvalue weighted by Gasteiger charge is 2.26. The number of hydrogen-bond donors (Lipinski definition) is 0. The molecule has 3 heteroatoms. The minimum absolute atomic E-state index is 0.243. The fourth-order valence-electron chi connectivity index (χ4n) is 1.42. The van der Waals surface area contributed by atoms with Crippen molar-refractivity contribution in [3.8, 4) is 0 Å². The molecule has 0 radical (unpaired) electrons. The molecule has 1 aromatic rings. The van der Waals surface area contributed by atoms with Gasteiger partial charge in [-0.15, -0.1) is 0 Å². The summed E-state index contributed by atoms with van der Waals surface area (Å²) in [5.74, 6) is -0.317. The van der Waals surface area contributed by atoms with E-state index in [2.05, 4.69) is 0 Å². The van der Waals surface area contributed by atoms with Crippen LogP contribution in [0.2, 0.25) is 0 Å². The number of esters is 1. The first kappa shape index (κ1) is 15.7. The second-order valence-corrected chi connectivity index (χ2v) is 6.42. The monoisotopic (exact) mass is 264 g/mol. The second-order valence-electron chi connectivity index (χ2n) is 6.42. The van der Waals surface area contributed by atoms with Crippen molar-refractivity contribution in [2.24, 2.45) is 0 Å². The van der Waals surface area contributed by atoms with E-state index in [-0.39, 0.29) is 11.6 Å². The molecule has 19 heavy (non-hydrogen) atoms. The van der Waals surface area contributed by atoms with Crippen molar-refractivity contribution < 1.29 is 14.3 Å². The van der Waals surface area contributed by atoms with E-state index in [1.54, 1.807) is 12.1 Å². The van der Waals surface area contributed by atoms with E-state index in [4.69, 9.17) is 9.47 Å². The van der Waals surface area contributed by atoms with Crippen LogP contribution in [0.4, 0.5) is 0 Å². The highest BCUT2D eigenvalue weighted by atomic mass is 16.6. The van der Waals surface area contributed by atoms with Gasteiger partial charge in [0.2, 0.25) is 0 Å². The lowest BCUT2D eigenvalue weighted by atomic mass is 10.1. The smallest absolute Gasteiger partial charge is 0.338 e. The Balaban J connectivity index is 2.62. The number of benzene rings is 1. The summed E-state index contributed by atoms with van der Waals surface area (Å²) in [5.41, 5.74) is 0.796. The summed E-state index contributed by atoms with van der Waals surface area (Å²) in [4.78, 5) is 12.0. The third-order valence-electron chi connectivity index (χ3n) is 2.51. The highest BCUT2D eigenvalue weighted by Crippen LogP contribution is 2.17. The van der Waals surface area contributed by atoms with Crippen molar-refractivity contribution in [1.82, 2.24) is 0 Å². The quantitative estimate of drug-likeness (QED) is 0.777. The van der Waals surface area contributed by atoms with E-state index in [1.165, 1.54) is 0 Å². The summed E-state index contributed by atoms with van der Waals surface area (Å²) >= 11 is 0. The SMILES string of the molecule is Cc1ccc(C(=O)OC(C)(C)COC(C)(C)C)cc1. The molecule has 0 unspecified atom stereocenters. The molecular formula is C16H24O3. The minimum atomic E-state index is -0.644. The fourth-order valence-corrected chi connectivity index (χ4v) is 1.42. The summed E-state index contributed by atoms with van der Waals surface area (Å²) in [6.45, 7) is 12.0. The van der Waals surface area contributed by atoms with Crippen LogP contribution in [-0.4, -0.2) is 23.8 Å². The number of hydrogen-bond acceptors (Lipinski definition) is 3. The largest absolute Gasteiger partial charge is 0.454 e. The van der Waals surface area contributed by atoms with Crippen LogP contribution in [-0.2, 0) is 9.47 Å². The van der Waals surface area contributed by atoms with Crippen LogP contribution in [0.3, 0.4) is 0 Å². The molecule has 0 spiro atoms. The van der Waals surface area contributed by atoms with E-state index in [9.17, 15) is 4.79 Å². The zero-order chi connectivity index (χ0) is 14.7. The van der Waals surface area contributed by atoms with Crippen LogP contribution in [0, 0.1) is 6.92 Å². The lowest BCUT2D eigenvalue weighted by molar-refractivity contribution is -0.0917. The van der Waals surface area contributed by atoms with Gasteiger partial charge in [0.15, 0.2) is 0 Å². The third kappa shape index (κ3) is 5.88. The van der Waals surface area contributed by atoms with Crippen LogP contribution < -0.4 is 0 Å². The van der Waals surface area contributed by atoms with E-state index in [0.717, 1.165) is 5.56 Å². The van der Waals surface area contributed by atoms with Crippen molar-refractivity contribution in [1.29, 1.82) is 0 Å². The van der Waals surface area contributed by atoms with Gasteiger partial charge in [0.25, 0.3) is 0 Å². The number of carbonyl (C=O) groups excluding carboxylic acids is 1. The first-order valence-corrected chi connectivity index (χ1v) is 6.53. The summed E-state index contributed by atoms with van der Waals surface area (Å²) in [5, 5.41) is 0. The predicted octanol–water partition coefficient (Wildman–Crippen LogP) is 3.75. The molecule has 0 saturated carbocycles. The molecule has 3 nitrogen and oxygen atoms in total. The molecule has 0 aliphatic heterocycles. The molecule has 106 valence electrons. The molecule has 0 fully saturated rings. The second kappa shape index (κ2) is 5.74. The lowest BCUT2D eigenvalue weighted by Gasteiger charge is -2.29. The Morgan fingerprint density at radius 2 is 1.58 bits per heavy atom. The molecule has 0 aliphatic rings. The highest BCUT2D eigenvalue weighted by molar-refractivity contribution is 5.89. The Morgan fingerprint density at radius 3 is 2.05 bits per heavy atom. The van der Waals surface area contributed by atoms with Crippen molar-refractivity contribution in [2.45, 2.75) is 52.7 Å². The van der Waals surface area contributed by atoms with E-state index >= 15 is 0 Å². The fraction of sp³-hybridized carbons (Fsp3) is 0.562. The molecule has 1 aromatic carbocycles. The van der Waals surface area contributed by atoms with Gasteiger partial charge in [-0.05, 0) is 53.7 Å². The Bertz CT molecular complexity index is 424. The maximum absolute atomic E-state index is 12.0. The van der Waals surface area contributed by atoms with Gasteiger partial charge in [-0.25, -0.2) is 4.79 Å². The molecule has 0 aromatic heterocycles. The molecule has 0 saturated heterocycles. The van der Waals surface area contributed by atoms with Gasteiger partial charge < -0.3 is 9.47 Å². The van der Waals surface area contributed by atoms with Crippen LogP contribution in [0.1, 0.15) is 50.5 Å². The Labute approximate surface area is 115 Å². The Morgan fingerprint density at radius 1 is 1.05 bits per heavy atom. The zero-order valence-corrected chi connectivity index (χ0v) is 12.7. The molecule has 0 amide bonds. The summed E-state index contributed by atoms with van der Waals surface area (Å²) in [6.07, 6.45) is 0. The van der Waals surface area contributed by atoms with Crippen LogP contribution in [0.5, 0.6) is 0 Å². The average Bonchev–Trinajstić information content (AvgIpc) is 2.26. The summed E-state index contributed by atoms with van der Waals surface area (Å²) < 4.78 is 11.2. The molecule has 1 rings (SSSR count). The Hall–Kier alpha value is -1.35. The standard InChI is InChI=1S/C16H24O3/c1-12-7-9-13(10-8-12)14(17)19-16(5,6)11-18-15(2,3)4/h7-10H,11H2,1-6H3. The van der Waals surface area contributed by atoms with Gasteiger partial charge in [0, 0.05) is 0 Å². The third-order valence-corrected chi connectivity index (χ3v) is 2.51. The van der Waals surface area contributed by atoms with Crippen molar-refractivity contribution in [2.75, 3.05) is 6.61 Å². The van der Waals surface area contributed by atoms with Gasteiger partial charge in [0.05, 0.1) is 17.8 Å². The predicted molar refractivity (Wildman–Crippen MR) is 76.4 cm³/mol. The molecular weight excluding hydrogens is 240 g/mol. The molecule has 0 aliphatic carbocycles. The summed E-state index contributed by atoms with van der Waals surface area (Å²) in [6, 6.07) is 7.35. The number of carbonyl (C=O) groups is 1. The molecule has 0 atom stereocenters. The topological polar surface area (TPSA) is 35.5 Å². The van der Waals surface area contributed by atoms with Crippen LogP contribution >= 0.6 is 0 Å². The van der Waals surface area contributed by atoms with E-state index < -0.39 is 5.60 Å². The zero-order valence-electron chi connectivity index (χ0n) is 12.7. The first-order valence-electron chi connectivity index (χ1n) is 6.53. The summed E-state index contributed by atoms with van der Waals surface area (Å²) in [7, 11) is 0. The molecule has 0 N–H and O–H groups in total. The lowest BCUT2D eigenvalue weighted by Crippen LogP contribution is -2.37. The van der Waals surface area contributed by atoms with E-state index in [1.807, 2.05) is 53.7 Å². The first-order chi connectivity index (χ1) is 8.59. The number of rotatable bonds is 4. The molecule has 0 bridgehead atoms. The van der Waals surface area contributed by atoms with E-state index in [0.29, 0.717) is 12.2 Å². The van der Waals surface area contributed by atoms with Crippen LogP contribution in [0.15, 0.2) is 24.3 Å². The van der Waals surface area contributed by atoms with Crippen molar-refractivity contribution in [3.05, 3.63) is 35.4 Å². The minimum Gasteiger partial charge on any atom is -0.454 e. The maximum Gasteiger partial charge on any atom is 0.338 e.